The van der Waals surface area contributed by atoms with Gasteiger partial charge in [-0.05, 0) is 89.9 Å². The van der Waals surface area contributed by atoms with Crippen LogP contribution in [-0.4, -0.2) is 37.2 Å². The highest BCUT2D eigenvalue weighted by molar-refractivity contribution is 5.71. The largest absolute Gasteiger partial charge is 0.462 e. The summed E-state index contributed by atoms with van der Waals surface area (Å²) < 4.78 is 16.8. The Balaban J connectivity index is 4.47. The summed E-state index contributed by atoms with van der Waals surface area (Å²) in [5.41, 5.74) is 0. The van der Waals surface area contributed by atoms with Gasteiger partial charge in [-0.2, -0.15) is 0 Å². The monoisotopic (exact) mass is 915 g/mol. The van der Waals surface area contributed by atoms with Crippen molar-refractivity contribution in [3.05, 3.63) is 109 Å². The van der Waals surface area contributed by atoms with Crippen LogP contribution in [0.15, 0.2) is 109 Å². The topological polar surface area (TPSA) is 78.9 Å². The van der Waals surface area contributed by atoms with E-state index >= 15 is 0 Å². The van der Waals surface area contributed by atoms with E-state index in [-0.39, 0.29) is 37.5 Å². The zero-order valence-corrected chi connectivity index (χ0v) is 42.7. The summed E-state index contributed by atoms with van der Waals surface area (Å²) in [6.07, 6.45) is 72.2. The summed E-state index contributed by atoms with van der Waals surface area (Å²) in [7, 11) is 0. The van der Waals surface area contributed by atoms with E-state index in [1.807, 2.05) is 60.8 Å². The lowest BCUT2D eigenvalue weighted by atomic mass is 10.1. The molecule has 0 radical (unpaired) electrons. The number of carbonyl (C=O) groups excluding carboxylic acids is 3. The fraction of sp³-hybridized carbons (Fsp3) is 0.650. The Hall–Kier alpha value is -3.93. The maximum Gasteiger partial charge on any atom is 0.306 e. The Morgan fingerprint density at radius 1 is 0.333 bits per heavy atom. The van der Waals surface area contributed by atoms with Gasteiger partial charge in [-0.25, -0.2) is 0 Å². The van der Waals surface area contributed by atoms with E-state index in [1.54, 1.807) is 0 Å². The normalized spacial score (nSPS) is 13.0. The third kappa shape index (κ3) is 51.1. The molecule has 6 nitrogen and oxygen atoms in total. The van der Waals surface area contributed by atoms with Crippen LogP contribution in [0.1, 0.15) is 233 Å². The fourth-order valence-corrected chi connectivity index (χ4v) is 7.15. The van der Waals surface area contributed by atoms with Crippen LogP contribution in [0.25, 0.3) is 0 Å². The van der Waals surface area contributed by atoms with E-state index in [0.717, 1.165) is 96.3 Å². The predicted octanol–water partition coefficient (Wildman–Crippen LogP) is 17.9. The van der Waals surface area contributed by atoms with Crippen molar-refractivity contribution in [3.8, 4) is 0 Å². The maximum absolute atomic E-state index is 12.8. The molecule has 374 valence electrons. The van der Waals surface area contributed by atoms with Gasteiger partial charge in [0, 0.05) is 19.3 Å². The second-order valence-corrected chi connectivity index (χ2v) is 17.5. The number of ether oxygens (including phenoxy) is 3. The third-order valence-electron chi connectivity index (χ3n) is 11.2. The van der Waals surface area contributed by atoms with Gasteiger partial charge in [-0.3, -0.25) is 14.4 Å². The van der Waals surface area contributed by atoms with Crippen molar-refractivity contribution in [2.75, 3.05) is 13.2 Å². The number of hydrogen-bond donors (Lipinski definition) is 0. The van der Waals surface area contributed by atoms with Crippen LogP contribution < -0.4 is 0 Å². The van der Waals surface area contributed by atoms with Crippen molar-refractivity contribution in [3.63, 3.8) is 0 Å². The highest BCUT2D eigenvalue weighted by Gasteiger charge is 2.19. The first-order valence-electron chi connectivity index (χ1n) is 27.0. The molecule has 0 rings (SSSR count). The Morgan fingerprint density at radius 3 is 1.12 bits per heavy atom. The highest BCUT2D eigenvalue weighted by Crippen LogP contribution is 2.14. The number of unbranched alkanes of at least 4 members (excludes halogenated alkanes) is 23. The van der Waals surface area contributed by atoms with Crippen LogP contribution in [0.5, 0.6) is 0 Å². The van der Waals surface area contributed by atoms with Crippen molar-refractivity contribution in [1.29, 1.82) is 0 Å². The van der Waals surface area contributed by atoms with E-state index in [9.17, 15) is 14.4 Å². The molecule has 0 spiro atoms. The van der Waals surface area contributed by atoms with Crippen molar-refractivity contribution in [2.45, 2.75) is 239 Å². The van der Waals surface area contributed by atoms with Gasteiger partial charge < -0.3 is 14.2 Å². The molecule has 0 bridgehead atoms. The number of allylic oxidation sites excluding steroid dienone is 18. The van der Waals surface area contributed by atoms with Gasteiger partial charge in [0.2, 0.25) is 0 Å². The van der Waals surface area contributed by atoms with E-state index < -0.39 is 6.10 Å². The van der Waals surface area contributed by atoms with Gasteiger partial charge in [0.15, 0.2) is 6.10 Å². The van der Waals surface area contributed by atoms with Gasteiger partial charge >= 0.3 is 17.9 Å². The molecular weight excluding hydrogens is 817 g/mol. The Labute approximate surface area is 406 Å². The minimum absolute atomic E-state index is 0.105. The smallest absolute Gasteiger partial charge is 0.306 e. The van der Waals surface area contributed by atoms with E-state index in [0.29, 0.717) is 19.3 Å². The second-order valence-electron chi connectivity index (χ2n) is 17.5. The Kier molecular flexibility index (Phi) is 50.5. The van der Waals surface area contributed by atoms with E-state index in [4.69, 9.17) is 14.2 Å². The fourth-order valence-electron chi connectivity index (χ4n) is 7.15. The molecule has 0 aromatic rings. The van der Waals surface area contributed by atoms with Crippen molar-refractivity contribution >= 4 is 17.9 Å². The molecule has 0 saturated carbocycles. The Morgan fingerprint density at radius 2 is 0.667 bits per heavy atom. The molecule has 0 heterocycles. The van der Waals surface area contributed by atoms with Crippen molar-refractivity contribution in [2.24, 2.45) is 0 Å². The molecule has 0 N–H and O–H groups in total. The van der Waals surface area contributed by atoms with Gasteiger partial charge in [-0.15, -0.1) is 0 Å². The summed E-state index contributed by atoms with van der Waals surface area (Å²) in [6.45, 7) is 6.32. The molecule has 0 aromatic carbocycles. The number of hydrogen-bond acceptors (Lipinski definition) is 6. The van der Waals surface area contributed by atoms with Gasteiger partial charge in [0.25, 0.3) is 0 Å². The average Bonchev–Trinajstić information content (AvgIpc) is 3.31. The van der Waals surface area contributed by atoms with E-state index in [1.165, 1.54) is 89.9 Å². The molecule has 66 heavy (non-hydrogen) atoms. The average molecular weight is 915 g/mol. The van der Waals surface area contributed by atoms with Crippen LogP contribution in [0.4, 0.5) is 0 Å². The van der Waals surface area contributed by atoms with Crippen LogP contribution >= 0.6 is 0 Å². The number of esters is 3. The highest BCUT2D eigenvalue weighted by atomic mass is 16.6. The zero-order chi connectivity index (χ0) is 47.9. The lowest BCUT2D eigenvalue weighted by molar-refractivity contribution is -0.167. The second kappa shape index (κ2) is 53.7. The first-order chi connectivity index (χ1) is 32.5. The van der Waals surface area contributed by atoms with Crippen LogP contribution in [-0.2, 0) is 28.6 Å². The summed E-state index contributed by atoms with van der Waals surface area (Å²) in [6, 6.07) is 0. The molecule has 0 aromatic heterocycles. The van der Waals surface area contributed by atoms with Crippen LogP contribution in [0.2, 0.25) is 0 Å². The van der Waals surface area contributed by atoms with Crippen LogP contribution in [0.3, 0.4) is 0 Å². The van der Waals surface area contributed by atoms with Crippen molar-refractivity contribution in [1.82, 2.24) is 0 Å². The quantitative estimate of drug-likeness (QED) is 0.0199. The molecule has 0 aliphatic rings. The minimum atomic E-state index is -0.811. The molecule has 1 unspecified atom stereocenters. The third-order valence-corrected chi connectivity index (χ3v) is 11.2. The molecule has 6 heteroatoms. The summed E-state index contributed by atoms with van der Waals surface area (Å²) in [5.74, 6) is -0.971. The van der Waals surface area contributed by atoms with Gasteiger partial charge in [-0.1, -0.05) is 233 Å². The van der Waals surface area contributed by atoms with Crippen molar-refractivity contribution < 1.29 is 28.6 Å². The summed E-state index contributed by atoms with van der Waals surface area (Å²) >= 11 is 0. The predicted molar refractivity (Wildman–Crippen MR) is 283 cm³/mol. The SMILES string of the molecule is CC\C=C/C=C\C=C/C=C\C=C\C=C/CCCCCC(=O)OC(COC(=O)CCCCCCC/C=C\C/C=C\CC)COC(=O)CCCCCCCCC/C=C\CCCCCCCCCC. The lowest BCUT2D eigenvalue weighted by Gasteiger charge is -2.18. The van der Waals surface area contributed by atoms with Gasteiger partial charge in [0.1, 0.15) is 13.2 Å². The van der Waals surface area contributed by atoms with E-state index in [2.05, 4.69) is 69.4 Å². The number of carbonyl (C=O) groups is 3. The molecule has 0 saturated heterocycles. The zero-order valence-electron chi connectivity index (χ0n) is 42.7. The molecule has 0 aliphatic carbocycles. The molecular formula is C60H98O6. The molecule has 1 atom stereocenters. The van der Waals surface area contributed by atoms with Crippen LogP contribution in [0, 0.1) is 0 Å². The standard InChI is InChI=1S/C60H98O6/c1-4-7-10-13-16-19-22-25-27-29-30-32-33-35-38-41-44-47-50-53-59(62)65-56-57(55-64-58(61)52-49-46-43-40-37-24-21-18-15-12-9-6-3)66-60(63)54-51-48-45-42-39-36-34-31-28-26-23-20-17-14-11-8-5-2/h8-9,11-12,14,17-18,20-21,23,26,28-31,34,36,39,57H,4-7,10,13,15-16,19,22,24-25,27,32-33,35,37-38,40-56H2,1-3H3/b11-8-,12-9-,17-14-,21-18-,23-20-,28-26-,30-29-,34-31+,39-36-. The minimum Gasteiger partial charge on any atom is -0.462 e. The lowest BCUT2D eigenvalue weighted by Crippen LogP contribution is -2.30. The Bertz CT molecular complexity index is 1370. The molecule has 0 fully saturated rings. The summed E-state index contributed by atoms with van der Waals surface area (Å²) in [4.78, 5) is 38.0. The first kappa shape index (κ1) is 62.1. The molecule has 0 aliphatic heterocycles. The maximum atomic E-state index is 12.8. The molecule has 0 amide bonds. The summed E-state index contributed by atoms with van der Waals surface area (Å²) in [5, 5.41) is 0. The number of rotatable bonds is 47. The van der Waals surface area contributed by atoms with Gasteiger partial charge in [0.05, 0.1) is 0 Å². The first-order valence-corrected chi connectivity index (χ1v) is 27.0.